The van der Waals surface area contributed by atoms with Gasteiger partial charge in [-0.1, -0.05) is 0 Å². The maximum absolute atomic E-state index is 0. The fraction of sp³-hybridized carbons (Fsp3) is 0. The fourth-order valence-corrected chi connectivity index (χ4v) is 0. The van der Waals surface area contributed by atoms with Crippen molar-refractivity contribution in [1.29, 1.82) is 0 Å². The van der Waals surface area contributed by atoms with Gasteiger partial charge in [0, 0.05) is 17.1 Å². The standard InChI is InChI=1S/Al.Ba.Ca.Mn.H4Si.7H/h;;;;1H4;;;;;;;. The fourth-order valence-electron chi connectivity index (χ4n) is 0. The third kappa shape index (κ3) is 17.9. The van der Waals surface area contributed by atoms with Crippen LogP contribution in [0, 0.1) is 0 Å². The van der Waals surface area contributed by atoms with Crippen molar-refractivity contribution < 1.29 is 17.1 Å². The van der Waals surface area contributed by atoms with Crippen molar-refractivity contribution in [2.45, 2.75) is 0 Å². The molecule has 0 nitrogen and oxygen atoms in total. The van der Waals surface area contributed by atoms with Crippen LogP contribution in [0.25, 0.3) is 0 Å². The van der Waals surface area contributed by atoms with Crippen LogP contribution in [0.1, 0.15) is 0 Å². The number of hydrogen-bond acceptors (Lipinski definition) is 0. The molecule has 0 atom stereocenters. The summed E-state index contributed by atoms with van der Waals surface area (Å²) in [5, 5.41) is 0. The third-order valence-electron chi connectivity index (χ3n) is 0. The van der Waals surface area contributed by atoms with Crippen molar-refractivity contribution in [1.82, 2.24) is 0 Å². The summed E-state index contributed by atoms with van der Waals surface area (Å²) in [5.41, 5.74) is 0. The molecule has 0 aliphatic heterocycles. The Morgan fingerprint density at radius 1 is 1.00 bits per heavy atom. The zero-order chi connectivity index (χ0) is 0. The van der Waals surface area contributed by atoms with Gasteiger partial charge < -0.3 is 0 Å². The quantitative estimate of drug-likeness (QED) is 0.396. The summed E-state index contributed by atoms with van der Waals surface area (Å²) >= 11 is 0. The van der Waals surface area contributed by atoms with Crippen LogP contribution in [0.5, 0.6) is 0 Å². The molecule has 0 heterocycles. The summed E-state index contributed by atoms with van der Waals surface area (Å²) in [6.07, 6.45) is 0. The van der Waals surface area contributed by atoms with Crippen molar-refractivity contribution in [3.8, 4) is 0 Å². The molecule has 5 heteroatoms. The second kappa shape index (κ2) is 24.3. The molecule has 1 radical (unpaired) electrons. The molecule has 0 bridgehead atoms. The van der Waals surface area contributed by atoms with E-state index in [9.17, 15) is 0 Å². The van der Waals surface area contributed by atoms with Crippen LogP contribution >= 0.6 is 0 Å². The SMILES string of the molecule is [AlH3].[BaH2].[CaH2].[Mn].[SiH4]. The Balaban J connectivity index is 0. The van der Waals surface area contributed by atoms with E-state index in [1.54, 1.807) is 0 Å². The van der Waals surface area contributed by atoms with Gasteiger partial charge >= 0.3 is 86.6 Å². The third-order valence-corrected chi connectivity index (χ3v) is 0. The Morgan fingerprint density at radius 3 is 1.00 bits per heavy atom. The minimum atomic E-state index is 0. The predicted molar refractivity (Wildman–Crippen MR) is 38.4 cm³/mol. The Kier molecular flexibility index (Phi) is 173. The van der Waals surface area contributed by atoms with E-state index in [4.69, 9.17) is 0 Å². The topological polar surface area (TPSA) is 0 Å². The van der Waals surface area contributed by atoms with E-state index in [1.807, 2.05) is 0 Å². The van der Waals surface area contributed by atoms with E-state index in [1.165, 1.54) is 0 Å². The average molecular weight is 298 g/mol. The average Bonchev–Trinajstić information content (AvgIpc) is 0. The molecule has 0 amide bonds. The van der Waals surface area contributed by atoms with Gasteiger partial charge in [-0.25, -0.2) is 0 Å². The van der Waals surface area contributed by atoms with Crippen LogP contribution in [-0.4, -0.2) is 115 Å². The largest absolute Gasteiger partial charge is 0.0149 e. The molecule has 0 aromatic heterocycles. The van der Waals surface area contributed by atoms with Crippen molar-refractivity contribution >= 4 is 115 Å². The summed E-state index contributed by atoms with van der Waals surface area (Å²) in [6, 6.07) is 0. The van der Waals surface area contributed by atoms with Gasteiger partial charge in [-0.15, -0.1) is 0 Å². The van der Waals surface area contributed by atoms with Gasteiger partial charge in [-0.3, -0.25) is 0 Å². The summed E-state index contributed by atoms with van der Waals surface area (Å²) in [5.74, 6) is 0. The van der Waals surface area contributed by atoms with E-state index in [2.05, 4.69) is 0 Å². The van der Waals surface area contributed by atoms with Crippen LogP contribution < -0.4 is 0 Å². The van der Waals surface area contributed by atoms with Crippen molar-refractivity contribution in [3.63, 3.8) is 0 Å². The first-order valence-corrected chi connectivity index (χ1v) is 0. The van der Waals surface area contributed by atoms with Crippen LogP contribution in [0.4, 0.5) is 0 Å². The summed E-state index contributed by atoms with van der Waals surface area (Å²) in [4.78, 5) is 0. The minimum absolute atomic E-state index is 0. The molecule has 0 aromatic rings. The molecule has 0 saturated heterocycles. The summed E-state index contributed by atoms with van der Waals surface area (Å²) in [7, 11) is 0. The maximum atomic E-state index is 0. The monoisotopic (exact) mass is 299 g/mol. The minimum Gasteiger partial charge on any atom is -0.0149 e. The van der Waals surface area contributed by atoms with Gasteiger partial charge in [0.05, 0.1) is 0 Å². The number of hydrogen-bond donors (Lipinski definition) is 0. The van der Waals surface area contributed by atoms with Crippen LogP contribution in [-0.2, 0) is 17.1 Å². The number of rotatable bonds is 0. The van der Waals surface area contributed by atoms with Crippen LogP contribution in [0.3, 0.4) is 0 Å². The zero-order valence-electron chi connectivity index (χ0n) is 0.378. The molecule has 5 heavy (non-hydrogen) atoms. The first-order chi connectivity index (χ1) is 0. The molecule has 0 aliphatic carbocycles. The van der Waals surface area contributed by atoms with E-state index in [-0.39, 0.29) is 132 Å². The normalized spacial score (nSPS) is 0. The molecule has 0 unspecified atom stereocenters. The van der Waals surface area contributed by atoms with E-state index in [0.29, 0.717) is 0 Å². The molecular weight excluding hydrogens is 287 g/mol. The molecule has 0 spiro atoms. The molecule has 0 fully saturated rings. The smallest absolute Gasteiger partial charge is 0 e. The van der Waals surface area contributed by atoms with E-state index in [0.717, 1.165) is 0 Å². The second-order valence-electron chi connectivity index (χ2n) is 0. The van der Waals surface area contributed by atoms with E-state index >= 15 is 0 Å². The Hall–Kier alpha value is 4.10. The first kappa shape index (κ1) is 35.5. The summed E-state index contributed by atoms with van der Waals surface area (Å²) in [6.45, 7) is 0. The molecule has 0 aliphatic rings. The molecule has 0 N–H and O–H groups in total. The van der Waals surface area contributed by atoms with Crippen molar-refractivity contribution in [2.24, 2.45) is 0 Å². The molecule has 29 valence electrons. The van der Waals surface area contributed by atoms with Gasteiger partial charge in [0.15, 0.2) is 17.4 Å². The Morgan fingerprint density at radius 2 is 1.00 bits per heavy atom. The molecule has 0 aromatic carbocycles. The van der Waals surface area contributed by atoms with Gasteiger partial charge in [-0.2, -0.15) is 0 Å². The zero-order valence-corrected chi connectivity index (χ0v) is 1.56. The van der Waals surface area contributed by atoms with Gasteiger partial charge in [0.25, 0.3) is 0 Å². The molecular formula is H11AlBaCaMnSi. The van der Waals surface area contributed by atoms with Crippen molar-refractivity contribution in [2.75, 3.05) is 0 Å². The van der Waals surface area contributed by atoms with Crippen LogP contribution in [0.2, 0.25) is 0 Å². The van der Waals surface area contributed by atoms with Gasteiger partial charge in [-0.05, 0) is 11.0 Å². The Bertz CT molecular complexity index is 11.6. The second-order valence-corrected chi connectivity index (χ2v) is 0. The first-order valence-electron chi connectivity index (χ1n) is 0. The maximum Gasteiger partial charge on any atom is 0 e. The van der Waals surface area contributed by atoms with Crippen LogP contribution in [0.15, 0.2) is 0 Å². The van der Waals surface area contributed by atoms with E-state index < -0.39 is 0 Å². The van der Waals surface area contributed by atoms with Crippen molar-refractivity contribution in [3.05, 3.63) is 0 Å². The predicted octanol–water partition coefficient (Wildman–Crippen LogP) is -4.47. The van der Waals surface area contributed by atoms with Gasteiger partial charge in [0.2, 0.25) is 0 Å². The Labute approximate surface area is 128 Å². The summed E-state index contributed by atoms with van der Waals surface area (Å²) < 4.78 is 0. The molecule has 0 rings (SSSR count). The van der Waals surface area contributed by atoms with Gasteiger partial charge in [0.1, 0.15) is 0 Å². The molecule has 0 saturated carbocycles.